The van der Waals surface area contributed by atoms with Gasteiger partial charge in [-0.2, -0.15) is 0 Å². The van der Waals surface area contributed by atoms with Crippen molar-refractivity contribution in [2.24, 2.45) is 17.6 Å². The quantitative estimate of drug-likeness (QED) is 0.723. The first-order valence-corrected chi connectivity index (χ1v) is 10.1. The van der Waals surface area contributed by atoms with Gasteiger partial charge in [-0.05, 0) is 43.5 Å². The van der Waals surface area contributed by atoms with Crippen LogP contribution in [0, 0.1) is 11.8 Å². The zero-order valence-corrected chi connectivity index (χ0v) is 16.6. The Balaban J connectivity index is 1.59. The Hall–Kier alpha value is -2.90. The number of benzene rings is 1. The lowest BCUT2D eigenvalue weighted by molar-refractivity contribution is -0.138. The molecule has 0 aromatic heterocycles. The Morgan fingerprint density at radius 3 is 2.34 bits per heavy atom. The second-order valence-electron chi connectivity index (χ2n) is 7.59. The fourth-order valence-electron chi connectivity index (χ4n) is 3.82. The van der Waals surface area contributed by atoms with Gasteiger partial charge in [-0.3, -0.25) is 14.4 Å². The molecule has 0 unspecified atom stereocenters. The minimum absolute atomic E-state index is 0.0523. The largest absolute Gasteiger partial charge is 0.462 e. The van der Waals surface area contributed by atoms with E-state index in [9.17, 15) is 19.2 Å². The molecule has 1 aromatic rings. The summed E-state index contributed by atoms with van der Waals surface area (Å²) in [5, 5.41) is 0. The van der Waals surface area contributed by atoms with Gasteiger partial charge in [0.2, 0.25) is 17.7 Å². The number of amides is 3. The first-order valence-electron chi connectivity index (χ1n) is 10.1. The van der Waals surface area contributed by atoms with Gasteiger partial charge >= 0.3 is 5.97 Å². The standard InChI is InChI=1S/C21H27N3O5/c1-2-11-29-21(28)15-3-5-17(6-4-15)24-13-16(12-18(24)25)20(27)23-9-7-14(8-10-23)19(22)26/h3-6,14,16H,2,7-13H2,1H3,(H2,22,26)/t16-/m0/s1. The molecule has 0 aliphatic carbocycles. The number of primary amides is 1. The number of carbonyl (C=O) groups excluding carboxylic acids is 4. The highest BCUT2D eigenvalue weighted by Crippen LogP contribution is 2.28. The second-order valence-corrected chi connectivity index (χ2v) is 7.59. The zero-order valence-electron chi connectivity index (χ0n) is 16.6. The van der Waals surface area contributed by atoms with Gasteiger partial charge in [0.25, 0.3) is 0 Å². The molecule has 0 spiro atoms. The van der Waals surface area contributed by atoms with Crippen molar-refractivity contribution in [3.63, 3.8) is 0 Å². The molecule has 3 rings (SSSR count). The number of carbonyl (C=O) groups is 4. The maximum absolute atomic E-state index is 12.8. The van der Waals surface area contributed by atoms with E-state index in [4.69, 9.17) is 10.5 Å². The molecular formula is C21H27N3O5. The van der Waals surface area contributed by atoms with Crippen LogP contribution in [0.15, 0.2) is 24.3 Å². The highest BCUT2D eigenvalue weighted by Gasteiger charge is 2.38. The smallest absolute Gasteiger partial charge is 0.338 e. The van der Waals surface area contributed by atoms with Crippen LogP contribution in [0.3, 0.4) is 0 Å². The van der Waals surface area contributed by atoms with E-state index in [0.29, 0.717) is 50.3 Å². The van der Waals surface area contributed by atoms with Crippen molar-refractivity contribution in [2.75, 3.05) is 31.1 Å². The highest BCUT2D eigenvalue weighted by molar-refractivity contribution is 6.00. The molecule has 1 aromatic carbocycles. The SMILES string of the molecule is CCCOC(=O)c1ccc(N2C[C@@H](C(=O)N3CCC(C(N)=O)CC3)CC2=O)cc1. The topological polar surface area (TPSA) is 110 Å². The van der Waals surface area contributed by atoms with Crippen LogP contribution >= 0.6 is 0 Å². The predicted molar refractivity (Wildman–Crippen MR) is 106 cm³/mol. The zero-order chi connectivity index (χ0) is 21.0. The summed E-state index contributed by atoms with van der Waals surface area (Å²) in [4.78, 5) is 51.8. The Kier molecular flexibility index (Phi) is 6.51. The number of esters is 1. The molecule has 2 N–H and O–H groups in total. The van der Waals surface area contributed by atoms with Crippen molar-refractivity contribution in [1.82, 2.24) is 4.90 Å². The first-order chi connectivity index (χ1) is 13.9. The molecule has 0 radical (unpaired) electrons. The Morgan fingerprint density at radius 1 is 1.10 bits per heavy atom. The van der Waals surface area contributed by atoms with Crippen molar-refractivity contribution in [1.29, 1.82) is 0 Å². The molecule has 1 atom stereocenters. The molecule has 2 aliphatic heterocycles. The van der Waals surface area contributed by atoms with E-state index >= 15 is 0 Å². The molecule has 29 heavy (non-hydrogen) atoms. The fraction of sp³-hybridized carbons (Fsp3) is 0.524. The molecule has 0 saturated carbocycles. The van der Waals surface area contributed by atoms with Crippen LogP contribution in [-0.2, 0) is 19.1 Å². The minimum atomic E-state index is -0.401. The molecule has 2 saturated heterocycles. The number of hydrogen-bond acceptors (Lipinski definition) is 5. The van der Waals surface area contributed by atoms with Crippen LogP contribution in [0.25, 0.3) is 0 Å². The number of ether oxygens (including phenoxy) is 1. The Bertz CT molecular complexity index is 784. The third-order valence-electron chi connectivity index (χ3n) is 5.54. The maximum Gasteiger partial charge on any atom is 0.338 e. The average Bonchev–Trinajstić information content (AvgIpc) is 3.13. The number of nitrogens with two attached hydrogens (primary N) is 1. The summed E-state index contributed by atoms with van der Waals surface area (Å²) in [6.45, 7) is 3.59. The molecule has 3 amide bonds. The molecule has 156 valence electrons. The van der Waals surface area contributed by atoms with Gasteiger partial charge in [0.05, 0.1) is 18.1 Å². The third kappa shape index (κ3) is 4.75. The lowest BCUT2D eigenvalue weighted by Crippen LogP contribution is -2.44. The van der Waals surface area contributed by atoms with Crippen molar-refractivity contribution < 1.29 is 23.9 Å². The summed E-state index contributed by atoms with van der Waals surface area (Å²) in [7, 11) is 0. The summed E-state index contributed by atoms with van der Waals surface area (Å²) in [5.74, 6) is -1.45. The van der Waals surface area contributed by atoms with Gasteiger partial charge in [0.1, 0.15) is 0 Å². The van der Waals surface area contributed by atoms with Crippen LogP contribution in [0.5, 0.6) is 0 Å². The Labute approximate surface area is 170 Å². The normalized spacial score (nSPS) is 20.0. The number of rotatable bonds is 6. The van der Waals surface area contributed by atoms with Gasteiger partial charge in [0, 0.05) is 37.7 Å². The average molecular weight is 401 g/mol. The monoisotopic (exact) mass is 401 g/mol. The number of hydrogen-bond donors (Lipinski definition) is 1. The molecule has 2 heterocycles. The van der Waals surface area contributed by atoms with Crippen molar-refractivity contribution in [3.05, 3.63) is 29.8 Å². The van der Waals surface area contributed by atoms with Crippen molar-refractivity contribution in [3.8, 4) is 0 Å². The second kappa shape index (κ2) is 9.07. The minimum Gasteiger partial charge on any atom is -0.462 e. The number of likely N-dealkylation sites (tertiary alicyclic amines) is 1. The van der Waals surface area contributed by atoms with E-state index in [0.717, 1.165) is 6.42 Å². The van der Waals surface area contributed by atoms with Crippen molar-refractivity contribution in [2.45, 2.75) is 32.6 Å². The molecule has 2 fully saturated rings. The van der Waals surface area contributed by atoms with E-state index < -0.39 is 11.9 Å². The van der Waals surface area contributed by atoms with Gasteiger partial charge in [0.15, 0.2) is 0 Å². The van der Waals surface area contributed by atoms with Gasteiger partial charge < -0.3 is 20.3 Å². The highest BCUT2D eigenvalue weighted by atomic mass is 16.5. The van der Waals surface area contributed by atoms with E-state index in [-0.39, 0.29) is 30.1 Å². The van der Waals surface area contributed by atoms with E-state index in [2.05, 4.69) is 0 Å². The first kappa shape index (κ1) is 20.8. The molecule has 0 bridgehead atoms. The van der Waals surface area contributed by atoms with Crippen LogP contribution in [0.2, 0.25) is 0 Å². The van der Waals surface area contributed by atoms with Crippen LogP contribution in [-0.4, -0.2) is 54.8 Å². The predicted octanol–water partition coefficient (Wildman–Crippen LogP) is 1.33. The fourth-order valence-corrected chi connectivity index (χ4v) is 3.82. The summed E-state index contributed by atoms with van der Waals surface area (Å²) in [6, 6.07) is 6.66. The van der Waals surface area contributed by atoms with Crippen LogP contribution < -0.4 is 10.6 Å². The van der Waals surface area contributed by atoms with Gasteiger partial charge in [-0.15, -0.1) is 0 Å². The van der Waals surface area contributed by atoms with Crippen LogP contribution in [0.1, 0.15) is 43.0 Å². The van der Waals surface area contributed by atoms with Crippen molar-refractivity contribution >= 4 is 29.4 Å². The number of nitrogens with zero attached hydrogens (tertiary/aromatic N) is 2. The third-order valence-corrected chi connectivity index (χ3v) is 5.54. The van der Waals surface area contributed by atoms with E-state index in [1.165, 1.54) is 0 Å². The van der Waals surface area contributed by atoms with Gasteiger partial charge in [-0.25, -0.2) is 4.79 Å². The summed E-state index contributed by atoms with van der Waals surface area (Å²) in [5.41, 5.74) is 6.43. The van der Waals surface area contributed by atoms with E-state index in [1.807, 2.05) is 6.92 Å². The summed E-state index contributed by atoms with van der Waals surface area (Å²) >= 11 is 0. The summed E-state index contributed by atoms with van der Waals surface area (Å²) < 4.78 is 5.10. The lowest BCUT2D eigenvalue weighted by atomic mass is 9.95. The Morgan fingerprint density at radius 2 is 1.76 bits per heavy atom. The van der Waals surface area contributed by atoms with Gasteiger partial charge in [-0.1, -0.05) is 6.92 Å². The van der Waals surface area contributed by atoms with Crippen LogP contribution in [0.4, 0.5) is 5.69 Å². The molecular weight excluding hydrogens is 374 g/mol. The summed E-state index contributed by atoms with van der Waals surface area (Å²) in [6.07, 6.45) is 2.05. The molecule has 8 heteroatoms. The van der Waals surface area contributed by atoms with E-state index in [1.54, 1.807) is 34.1 Å². The number of piperidine rings is 1. The molecule has 8 nitrogen and oxygen atoms in total. The lowest BCUT2D eigenvalue weighted by Gasteiger charge is -2.32. The molecule has 2 aliphatic rings. The maximum atomic E-state index is 12.8. The number of anilines is 1.